The largest absolute Gasteiger partial charge is 0.481 e. The van der Waals surface area contributed by atoms with Gasteiger partial charge in [-0.15, -0.1) is 0 Å². The summed E-state index contributed by atoms with van der Waals surface area (Å²) in [5.41, 5.74) is 4.84. The molecule has 3 N–H and O–H groups in total. The van der Waals surface area contributed by atoms with Crippen molar-refractivity contribution in [1.82, 2.24) is 15.8 Å². The van der Waals surface area contributed by atoms with E-state index in [-0.39, 0.29) is 36.7 Å². The van der Waals surface area contributed by atoms with Crippen LogP contribution in [0.25, 0.3) is 11.1 Å². The van der Waals surface area contributed by atoms with Gasteiger partial charge < -0.3 is 25.0 Å². The maximum absolute atomic E-state index is 12.5. The Morgan fingerprint density at radius 2 is 1.74 bits per heavy atom. The van der Waals surface area contributed by atoms with E-state index in [1.54, 1.807) is 6.92 Å². The van der Waals surface area contributed by atoms with Crippen LogP contribution in [0.15, 0.2) is 59.3 Å². The van der Waals surface area contributed by atoms with E-state index in [9.17, 15) is 14.4 Å². The first-order chi connectivity index (χ1) is 16.5. The van der Waals surface area contributed by atoms with Gasteiger partial charge in [0.2, 0.25) is 0 Å². The summed E-state index contributed by atoms with van der Waals surface area (Å²) in [5, 5.41) is 18.0. The van der Waals surface area contributed by atoms with Gasteiger partial charge in [-0.3, -0.25) is 9.59 Å². The number of rotatable bonds is 9. The number of amides is 2. The molecule has 1 heterocycles. The lowest BCUT2D eigenvalue weighted by Gasteiger charge is -2.15. The summed E-state index contributed by atoms with van der Waals surface area (Å²) < 4.78 is 10.4. The van der Waals surface area contributed by atoms with Crippen molar-refractivity contribution in [2.75, 3.05) is 6.61 Å². The maximum atomic E-state index is 12.5. The van der Waals surface area contributed by atoms with Gasteiger partial charge in [-0.25, -0.2) is 4.79 Å². The standard InChI is InChI=1S/C25H25N3O6/c1-2-15(11-23(29)30)27-24(31)21-14-34-28-22(21)12-26-25(32)33-13-20-18-9-5-3-7-16(18)17-8-4-6-10-19(17)20/h3-10,14-15,20H,2,11-13H2,1H3,(H,26,32)(H,27,31)(H,29,30)/t15-/m1/s1. The van der Waals surface area contributed by atoms with Gasteiger partial charge in [0.05, 0.1) is 13.0 Å². The number of aromatic nitrogens is 1. The molecule has 0 bridgehead atoms. The highest BCUT2D eigenvalue weighted by Crippen LogP contribution is 2.44. The zero-order valence-electron chi connectivity index (χ0n) is 18.6. The number of carbonyl (C=O) groups excluding carboxylic acids is 2. The Bertz CT molecular complexity index is 1160. The fourth-order valence-electron chi connectivity index (χ4n) is 4.15. The van der Waals surface area contributed by atoms with E-state index >= 15 is 0 Å². The molecule has 9 nitrogen and oxygen atoms in total. The number of carbonyl (C=O) groups is 3. The third-order valence-electron chi connectivity index (χ3n) is 5.88. The monoisotopic (exact) mass is 463 g/mol. The molecule has 1 aliphatic carbocycles. The molecule has 0 saturated carbocycles. The van der Waals surface area contributed by atoms with Gasteiger partial charge in [-0.2, -0.15) is 0 Å². The number of carboxylic acids is 1. The summed E-state index contributed by atoms with van der Waals surface area (Å²) in [4.78, 5) is 35.8. The molecule has 176 valence electrons. The van der Waals surface area contributed by atoms with E-state index in [1.165, 1.54) is 0 Å². The molecular weight excluding hydrogens is 438 g/mol. The number of benzene rings is 2. The van der Waals surface area contributed by atoms with Crippen molar-refractivity contribution in [3.63, 3.8) is 0 Å². The predicted octanol–water partition coefficient (Wildman–Crippen LogP) is 3.70. The Morgan fingerprint density at radius 3 is 2.35 bits per heavy atom. The van der Waals surface area contributed by atoms with Gasteiger partial charge in [0, 0.05) is 12.0 Å². The first-order valence-corrected chi connectivity index (χ1v) is 11.0. The van der Waals surface area contributed by atoms with Crippen molar-refractivity contribution in [2.45, 2.75) is 38.3 Å². The SMILES string of the molecule is CC[C@H](CC(=O)O)NC(=O)c1conc1CNC(=O)OCC1c2ccccc2-c2ccccc21. The van der Waals surface area contributed by atoms with Crippen molar-refractivity contribution in [1.29, 1.82) is 0 Å². The zero-order valence-corrected chi connectivity index (χ0v) is 18.6. The molecule has 0 spiro atoms. The number of nitrogens with zero attached hydrogens (tertiary/aromatic N) is 1. The highest BCUT2D eigenvalue weighted by atomic mass is 16.5. The van der Waals surface area contributed by atoms with E-state index in [2.05, 4.69) is 27.9 Å². The molecule has 0 aliphatic heterocycles. The van der Waals surface area contributed by atoms with Crippen molar-refractivity contribution >= 4 is 18.0 Å². The summed E-state index contributed by atoms with van der Waals surface area (Å²) >= 11 is 0. The molecule has 0 saturated heterocycles. The second-order valence-corrected chi connectivity index (χ2v) is 8.03. The molecule has 2 aromatic carbocycles. The van der Waals surface area contributed by atoms with Crippen molar-refractivity contribution < 1.29 is 28.8 Å². The van der Waals surface area contributed by atoms with Crippen LogP contribution >= 0.6 is 0 Å². The summed E-state index contributed by atoms with van der Waals surface area (Å²) in [7, 11) is 0. The Hall–Kier alpha value is -4.14. The number of carboxylic acid groups (broad SMARTS) is 1. The zero-order chi connectivity index (χ0) is 24.1. The molecule has 3 aromatic rings. The molecule has 0 radical (unpaired) electrons. The van der Waals surface area contributed by atoms with Gasteiger partial charge in [-0.1, -0.05) is 60.6 Å². The molecule has 1 aliphatic rings. The normalized spacial score (nSPS) is 13.0. The highest BCUT2D eigenvalue weighted by Gasteiger charge is 2.29. The molecule has 0 unspecified atom stereocenters. The smallest absolute Gasteiger partial charge is 0.407 e. The minimum Gasteiger partial charge on any atom is -0.481 e. The van der Waals surface area contributed by atoms with Gasteiger partial charge in [0.1, 0.15) is 24.1 Å². The van der Waals surface area contributed by atoms with Crippen LogP contribution < -0.4 is 10.6 Å². The van der Waals surface area contributed by atoms with Gasteiger partial charge in [0.15, 0.2) is 0 Å². The van der Waals surface area contributed by atoms with Crippen LogP contribution in [0.1, 0.15) is 52.9 Å². The Kier molecular flexibility index (Phi) is 6.91. The van der Waals surface area contributed by atoms with Crippen LogP contribution in [-0.4, -0.2) is 40.9 Å². The van der Waals surface area contributed by atoms with Crippen LogP contribution in [0.2, 0.25) is 0 Å². The van der Waals surface area contributed by atoms with E-state index in [0.717, 1.165) is 28.5 Å². The van der Waals surface area contributed by atoms with Crippen molar-refractivity contribution in [3.05, 3.63) is 77.2 Å². The maximum Gasteiger partial charge on any atom is 0.407 e. The summed E-state index contributed by atoms with van der Waals surface area (Å²) in [5.74, 6) is -1.58. The highest BCUT2D eigenvalue weighted by molar-refractivity contribution is 5.95. The minimum atomic E-state index is -1.00. The summed E-state index contributed by atoms with van der Waals surface area (Å²) in [6.07, 6.45) is 0.781. The first kappa shape index (κ1) is 23.0. The molecule has 2 amide bonds. The van der Waals surface area contributed by atoms with Crippen LogP contribution in [0.5, 0.6) is 0 Å². The predicted molar refractivity (Wildman–Crippen MR) is 122 cm³/mol. The van der Waals surface area contributed by atoms with Crippen LogP contribution in [-0.2, 0) is 16.1 Å². The first-order valence-electron chi connectivity index (χ1n) is 11.0. The number of hydrogen-bond donors (Lipinski definition) is 3. The number of ether oxygens (including phenoxy) is 1. The number of nitrogens with one attached hydrogen (secondary N) is 2. The van der Waals surface area contributed by atoms with E-state index in [1.807, 2.05) is 36.4 Å². The van der Waals surface area contributed by atoms with Crippen molar-refractivity contribution in [2.24, 2.45) is 0 Å². The number of aliphatic carboxylic acids is 1. The lowest BCUT2D eigenvalue weighted by Crippen LogP contribution is -2.36. The minimum absolute atomic E-state index is 0.0632. The number of fused-ring (bicyclic) bond motifs is 3. The number of hydrogen-bond acceptors (Lipinski definition) is 6. The second-order valence-electron chi connectivity index (χ2n) is 8.03. The lowest BCUT2D eigenvalue weighted by molar-refractivity contribution is -0.137. The lowest BCUT2D eigenvalue weighted by atomic mass is 9.98. The molecule has 34 heavy (non-hydrogen) atoms. The molecule has 1 atom stereocenters. The molecule has 1 aromatic heterocycles. The third-order valence-corrected chi connectivity index (χ3v) is 5.88. The van der Waals surface area contributed by atoms with Crippen LogP contribution in [0.4, 0.5) is 4.79 Å². The van der Waals surface area contributed by atoms with Gasteiger partial charge in [0.25, 0.3) is 5.91 Å². The van der Waals surface area contributed by atoms with E-state index < -0.39 is 24.0 Å². The summed E-state index contributed by atoms with van der Waals surface area (Å²) in [6.45, 7) is 1.87. The number of alkyl carbamates (subject to hydrolysis) is 1. The Morgan fingerprint density at radius 1 is 1.09 bits per heavy atom. The quantitative estimate of drug-likeness (QED) is 0.441. The van der Waals surface area contributed by atoms with Gasteiger partial charge in [-0.05, 0) is 28.7 Å². The van der Waals surface area contributed by atoms with Crippen LogP contribution in [0.3, 0.4) is 0 Å². The molecule has 4 rings (SSSR count). The van der Waals surface area contributed by atoms with Crippen LogP contribution in [0, 0.1) is 0 Å². The molecular formula is C25H25N3O6. The topological polar surface area (TPSA) is 131 Å². The third kappa shape index (κ3) is 4.93. The fraction of sp³-hybridized carbons (Fsp3) is 0.280. The van der Waals surface area contributed by atoms with E-state index in [0.29, 0.717) is 6.42 Å². The Labute approximate surface area is 196 Å². The van der Waals surface area contributed by atoms with Gasteiger partial charge >= 0.3 is 12.1 Å². The Balaban J connectivity index is 1.34. The molecule has 9 heteroatoms. The van der Waals surface area contributed by atoms with Crippen molar-refractivity contribution in [3.8, 4) is 11.1 Å². The molecule has 0 fully saturated rings. The summed E-state index contributed by atoms with van der Waals surface area (Å²) in [6, 6.07) is 15.6. The fourth-order valence-corrected chi connectivity index (χ4v) is 4.15. The average Bonchev–Trinajstić information content (AvgIpc) is 3.43. The van der Waals surface area contributed by atoms with E-state index in [4.69, 9.17) is 14.4 Å². The second kappa shape index (κ2) is 10.2. The average molecular weight is 463 g/mol.